The molecule has 0 aromatic heterocycles. The standard InChI is InChI=1S/C13H18O3/c1-2-3-9-16-10-8-11-4-6-12(7-5-11)13(14)15/h4-7H,2-3,8-10H2,1H3,(H,14,15). The molecule has 0 amide bonds. The number of carbonyl (C=O) groups is 1. The van der Waals surface area contributed by atoms with Gasteiger partial charge in [-0.2, -0.15) is 0 Å². The summed E-state index contributed by atoms with van der Waals surface area (Å²) in [5, 5.41) is 8.72. The molecule has 88 valence electrons. The highest BCUT2D eigenvalue weighted by Gasteiger charge is 2.01. The second-order valence-corrected chi connectivity index (χ2v) is 3.72. The maximum atomic E-state index is 10.6. The summed E-state index contributed by atoms with van der Waals surface area (Å²) in [4.78, 5) is 10.6. The van der Waals surface area contributed by atoms with E-state index in [-0.39, 0.29) is 0 Å². The van der Waals surface area contributed by atoms with E-state index in [4.69, 9.17) is 9.84 Å². The molecule has 16 heavy (non-hydrogen) atoms. The van der Waals surface area contributed by atoms with Gasteiger partial charge in [0.1, 0.15) is 0 Å². The SMILES string of the molecule is CCCCOCCc1ccc(C(=O)O)cc1. The van der Waals surface area contributed by atoms with Gasteiger partial charge in [0, 0.05) is 6.61 Å². The van der Waals surface area contributed by atoms with Crippen LogP contribution in [0.4, 0.5) is 0 Å². The van der Waals surface area contributed by atoms with Gasteiger partial charge in [-0.1, -0.05) is 25.5 Å². The van der Waals surface area contributed by atoms with Crippen LogP contribution in [0.5, 0.6) is 0 Å². The van der Waals surface area contributed by atoms with Crippen LogP contribution < -0.4 is 0 Å². The molecule has 0 saturated heterocycles. The Kier molecular flexibility index (Phi) is 5.57. The van der Waals surface area contributed by atoms with Gasteiger partial charge in [-0.15, -0.1) is 0 Å². The molecule has 1 N–H and O–H groups in total. The van der Waals surface area contributed by atoms with Crippen molar-refractivity contribution in [2.75, 3.05) is 13.2 Å². The second kappa shape index (κ2) is 7.01. The van der Waals surface area contributed by atoms with E-state index in [1.807, 2.05) is 12.1 Å². The monoisotopic (exact) mass is 222 g/mol. The zero-order valence-corrected chi connectivity index (χ0v) is 9.61. The van der Waals surface area contributed by atoms with Crippen LogP contribution in [0.15, 0.2) is 24.3 Å². The Morgan fingerprint density at radius 1 is 1.25 bits per heavy atom. The molecule has 0 spiro atoms. The van der Waals surface area contributed by atoms with Gasteiger partial charge in [-0.3, -0.25) is 0 Å². The van der Waals surface area contributed by atoms with Crippen molar-refractivity contribution in [1.29, 1.82) is 0 Å². The summed E-state index contributed by atoms with van der Waals surface area (Å²) in [6, 6.07) is 6.94. The van der Waals surface area contributed by atoms with Crippen LogP contribution in [0, 0.1) is 0 Å². The van der Waals surface area contributed by atoms with Crippen molar-refractivity contribution in [2.45, 2.75) is 26.2 Å². The van der Waals surface area contributed by atoms with Crippen LogP contribution in [0.3, 0.4) is 0 Å². The Morgan fingerprint density at radius 2 is 1.94 bits per heavy atom. The van der Waals surface area contributed by atoms with E-state index in [0.717, 1.165) is 31.4 Å². The Labute approximate surface area is 96.1 Å². The third-order valence-corrected chi connectivity index (χ3v) is 2.38. The molecule has 0 atom stereocenters. The van der Waals surface area contributed by atoms with Crippen molar-refractivity contribution in [2.24, 2.45) is 0 Å². The smallest absolute Gasteiger partial charge is 0.335 e. The first-order valence-corrected chi connectivity index (χ1v) is 5.64. The average Bonchev–Trinajstić information content (AvgIpc) is 2.29. The fraction of sp³-hybridized carbons (Fsp3) is 0.462. The van der Waals surface area contributed by atoms with Crippen molar-refractivity contribution in [3.63, 3.8) is 0 Å². The highest BCUT2D eigenvalue weighted by molar-refractivity contribution is 5.87. The summed E-state index contributed by atoms with van der Waals surface area (Å²) < 4.78 is 5.44. The number of ether oxygens (including phenoxy) is 1. The first-order valence-electron chi connectivity index (χ1n) is 5.64. The third kappa shape index (κ3) is 4.45. The first kappa shape index (κ1) is 12.7. The molecule has 1 aromatic carbocycles. The van der Waals surface area contributed by atoms with Crippen LogP contribution in [-0.2, 0) is 11.2 Å². The lowest BCUT2D eigenvalue weighted by molar-refractivity contribution is 0.0697. The number of hydrogen-bond donors (Lipinski definition) is 1. The predicted octanol–water partition coefficient (Wildman–Crippen LogP) is 2.74. The highest BCUT2D eigenvalue weighted by atomic mass is 16.5. The number of rotatable bonds is 7. The van der Waals surface area contributed by atoms with Crippen molar-refractivity contribution < 1.29 is 14.6 Å². The maximum absolute atomic E-state index is 10.6. The van der Waals surface area contributed by atoms with Crippen molar-refractivity contribution >= 4 is 5.97 Å². The van der Waals surface area contributed by atoms with Crippen LogP contribution in [0.1, 0.15) is 35.7 Å². The van der Waals surface area contributed by atoms with Crippen LogP contribution in [0.25, 0.3) is 0 Å². The van der Waals surface area contributed by atoms with Gasteiger partial charge in [0.2, 0.25) is 0 Å². The quantitative estimate of drug-likeness (QED) is 0.721. The number of hydrogen-bond acceptors (Lipinski definition) is 2. The molecule has 0 aliphatic carbocycles. The molecule has 0 saturated carbocycles. The van der Waals surface area contributed by atoms with Gasteiger partial charge >= 0.3 is 5.97 Å². The highest BCUT2D eigenvalue weighted by Crippen LogP contribution is 2.05. The van der Waals surface area contributed by atoms with Gasteiger partial charge in [0.25, 0.3) is 0 Å². The summed E-state index contributed by atoms with van der Waals surface area (Å²) in [6.45, 7) is 3.64. The number of benzene rings is 1. The van der Waals surface area contributed by atoms with E-state index < -0.39 is 5.97 Å². The number of carboxylic acids is 1. The molecule has 0 aliphatic heterocycles. The number of aromatic carboxylic acids is 1. The second-order valence-electron chi connectivity index (χ2n) is 3.72. The average molecular weight is 222 g/mol. The Hall–Kier alpha value is -1.35. The van der Waals surface area contributed by atoms with Gasteiger partial charge in [0.15, 0.2) is 0 Å². The summed E-state index contributed by atoms with van der Waals surface area (Å²) in [5.41, 5.74) is 1.44. The zero-order valence-electron chi connectivity index (χ0n) is 9.61. The lowest BCUT2D eigenvalue weighted by Crippen LogP contribution is -2.01. The molecular weight excluding hydrogens is 204 g/mol. The molecule has 0 fully saturated rings. The third-order valence-electron chi connectivity index (χ3n) is 2.38. The molecule has 0 aliphatic rings. The van der Waals surface area contributed by atoms with Crippen molar-refractivity contribution in [3.8, 4) is 0 Å². The predicted molar refractivity (Wildman–Crippen MR) is 62.8 cm³/mol. The Bertz CT molecular complexity index is 316. The molecule has 3 nitrogen and oxygen atoms in total. The largest absolute Gasteiger partial charge is 0.478 e. The van der Waals surface area contributed by atoms with E-state index in [2.05, 4.69) is 6.92 Å². The Balaban J connectivity index is 2.29. The molecule has 0 radical (unpaired) electrons. The van der Waals surface area contributed by atoms with E-state index in [0.29, 0.717) is 12.2 Å². The van der Waals surface area contributed by atoms with E-state index in [1.165, 1.54) is 0 Å². The molecular formula is C13H18O3. The molecule has 0 bridgehead atoms. The van der Waals surface area contributed by atoms with Crippen LogP contribution in [0.2, 0.25) is 0 Å². The minimum atomic E-state index is -0.884. The normalized spacial score (nSPS) is 10.3. The van der Waals surface area contributed by atoms with E-state index in [1.54, 1.807) is 12.1 Å². The minimum Gasteiger partial charge on any atom is -0.478 e. The van der Waals surface area contributed by atoms with Gasteiger partial charge in [0.05, 0.1) is 12.2 Å². The molecule has 0 heterocycles. The maximum Gasteiger partial charge on any atom is 0.335 e. The van der Waals surface area contributed by atoms with E-state index in [9.17, 15) is 4.79 Å². The van der Waals surface area contributed by atoms with Crippen LogP contribution in [-0.4, -0.2) is 24.3 Å². The summed E-state index contributed by atoms with van der Waals surface area (Å²) in [7, 11) is 0. The van der Waals surface area contributed by atoms with Crippen molar-refractivity contribution in [3.05, 3.63) is 35.4 Å². The molecule has 0 unspecified atom stereocenters. The number of unbranched alkanes of at least 4 members (excludes halogenated alkanes) is 1. The molecule has 1 aromatic rings. The summed E-state index contributed by atoms with van der Waals surface area (Å²) in [5.74, 6) is -0.884. The minimum absolute atomic E-state index is 0.329. The van der Waals surface area contributed by atoms with Gasteiger partial charge < -0.3 is 9.84 Å². The lowest BCUT2D eigenvalue weighted by Gasteiger charge is -2.03. The fourth-order valence-corrected chi connectivity index (χ4v) is 1.35. The van der Waals surface area contributed by atoms with Crippen LogP contribution >= 0.6 is 0 Å². The molecule has 3 heteroatoms. The van der Waals surface area contributed by atoms with Crippen molar-refractivity contribution in [1.82, 2.24) is 0 Å². The topological polar surface area (TPSA) is 46.5 Å². The number of carboxylic acid groups (broad SMARTS) is 1. The lowest BCUT2D eigenvalue weighted by atomic mass is 10.1. The fourth-order valence-electron chi connectivity index (χ4n) is 1.35. The molecule has 1 rings (SSSR count). The van der Waals surface area contributed by atoms with E-state index >= 15 is 0 Å². The van der Waals surface area contributed by atoms with Gasteiger partial charge in [-0.25, -0.2) is 4.79 Å². The zero-order chi connectivity index (χ0) is 11.8. The van der Waals surface area contributed by atoms with Gasteiger partial charge in [-0.05, 0) is 30.5 Å². The summed E-state index contributed by atoms with van der Waals surface area (Å²) >= 11 is 0. The summed E-state index contributed by atoms with van der Waals surface area (Å²) in [6.07, 6.45) is 3.08. The first-order chi connectivity index (χ1) is 7.74. The Morgan fingerprint density at radius 3 is 2.50 bits per heavy atom.